The number of ether oxygens (including phenoxy) is 3. The summed E-state index contributed by atoms with van der Waals surface area (Å²) in [7, 11) is 3.40. The maximum atomic E-state index is 12.6. The molecule has 0 radical (unpaired) electrons. The molecular weight excluding hydrogens is 582 g/mol. The van der Waals surface area contributed by atoms with Gasteiger partial charge in [-0.05, 0) is 62.2 Å². The lowest BCUT2D eigenvalue weighted by atomic mass is 9.92. The van der Waals surface area contributed by atoms with Crippen molar-refractivity contribution in [2.75, 3.05) is 34.0 Å². The molecule has 1 unspecified atom stereocenters. The van der Waals surface area contributed by atoms with Gasteiger partial charge in [0.05, 0.1) is 37.8 Å². The zero-order valence-electron chi connectivity index (χ0n) is 25.2. The molecule has 4 aromatic rings. The number of hydrogen-bond acceptors (Lipinski definition) is 10. The van der Waals surface area contributed by atoms with Crippen molar-refractivity contribution in [1.29, 1.82) is 5.26 Å². The fourth-order valence-electron chi connectivity index (χ4n) is 5.55. The number of carbonyl (C=O) groups is 2. The van der Waals surface area contributed by atoms with Crippen molar-refractivity contribution in [3.63, 3.8) is 0 Å². The summed E-state index contributed by atoms with van der Waals surface area (Å²) in [6.45, 7) is 5.99. The van der Waals surface area contributed by atoms with Gasteiger partial charge in [0.15, 0.2) is 5.82 Å². The van der Waals surface area contributed by atoms with Gasteiger partial charge in [0.2, 0.25) is 0 Å². The van der Waals surface area contributed by atoms with Gasteiger partial charge in [-0.15, -0.1) is 21.5 Å². The number of nitrogens with zero attached hydrogens (tertiary/aromatic N) is 5. The Hall–Kier alpha value is -4.57. The number of methoxy groups -OCH3 is 1. The van der Waals surface area contributed by atoms with E-state index in [1.807, 2.05) is 32.2 Å². The largest absolute Gasteiger partial charge is 0.490 e. The highest BCUT2D eigenvalue weighted by Crippen LogP contribution is 2.47. The Labute approximate surface area is 259 Å². The topological polar surface area (TPSA) is 140 Å². The highest BCUT2D eigenvalue weighted by atomic mass is 32.1. The molecule has 1 aliphatic heterocycles. The van der Waals surface area contributed by atoms with Crippen LogP contribution in [0.15, 0.2) is 42.5 Å². The molecule has 0 aliphatic carbocycles. The SMILES string of the molecule is COC(=O)C[C@H]1c2nnc(C)n2-c2sc(C)c(C)c2C(c2ccc(-c3ccc(OCCOCC(=O)O)c(C#N)c3)cc2)N1C. The van der Waals surface area contributed by atoms with Crippen molar-refractivity contribution < 1.29 is 28.9 Å². The summed E-state index contributed by atoms with van der Waals surface area (Å²) < 4.78 is 17.8. The summed E-state index contributed by atoms with van der Waals surface area (Å²) in [6.07, 6.45) is 0.129. The number of carboxylic acids is 1. The first-order valence-corrected chi connectivity index (χ1v) is 14.8. The number of esters is 1. The van der Waals surface area contributed by atoms with Gasteiger partial charge in [0.1, 0.15) is 35.9 Å². The number of benzene rings is 2. The molecule has 0 saturated carbocycles. The molecule has 2 aromatic carbocycles. The number of carbonyl (C=O) groups excluding carboxylic acids is 1. The lowest BCUT2D eigenvalue weighted by Crippen LogP contribution is -2.31. The molecule has 5 rings (SSSR count). The number of thiophene rings is 1. The van der Waals surface area contributed by atoms with Gasteiger partial charge in [0, 0.05) is 10.4 Å². The summed E-state index contributed by atoms with van der Waals surface area (Å²) in [5.74, 6) is 0.494. The monoisotopic (exact) mass is 615 g/mol. The van der Waals surface area contributed by atoms with Gasteiger partial charge in [0.25, 0.3) is 0 Å². The third kappa shape index (κ3) is 5.94. The molecule has 2 atom stereocenters. The molecule has 12 heteroatoms. The first-order chi connectivity index (χ1) is 21.1. The lowest BCUT2D eigenvalue weighted by Gasteiger charge is -2.33. The highest BCUT2D eigenvalue weighted by Gasteiger charge is 2.39. The highest BCUT2D eigenvalue weighted by molar-refractivity contribution is 7.14. The molecule has 11 nitrogen and oxygen atoms in total. The van der Waals surface area contributed by atoms with Gasteiger partial charge in [-0.25, -0.2) is 4.79 Å². The standard InChI is InChI=1S/C32H33N5O6S/c1-18-19(2)44-32-29(18)30(36(4)25(15-28(40)41-5)31-35-34-20(3)37(31)32)22-8-6-21(7-9-22)23-10-11-26(24(14-23)16-33)43-13-12-42-17-27(38)39/h6-11,14,25,30H,12-13,15,17H2,1-5H3,(H,38,39)/t25-,30?/m0/s1. The van der Waals surface area contributed by atoms with Crippen molar-refractivity contribution in [2.24, 2.45) is 0 Å². The predicted octanol–water partition coefficient (Wildman–Crippen LogP) is 4.91. The van der Waals surface area contributed by atoms with E-state index in [0.717, 1.165) is 33.1 Å². The molecule has 0 fully saturated rings. The van der Waals surface area contributed by atoms with Gasteiger partial charge >= 0.3 is 11.9 Å². The maximum Gasteiger partial charge on any atom is 0.329 e. The van der Waals surface area contributed by atoms with Gasteiger partial charge in [-0.3, -0.25) is 14.3 Å². The van der Waals surface area contributed by atoms with Crippen LogP contribution < -0.4 is 4.74 Å². The second-order valence-electron chi connectivity index (χ2n) is 10.5. The third-order valence-corrected chi connectivity index (χ3v) is 9.10. The van der Waals surface area contributed by atoms with Gasteiger partial charge < -0.3 is 19.3 Å². The number of carboxylic acid groups (broad SMARTS) is 1. The molecular formula is C32H33N5O6S. The maximum absolute atomic E-state index is 12.6. The molecule has 2 aromatic heterocycles. The van der Waals surface area contributed by atoms with Crippen LogP contribution in [-0.4, -0.2) is 70.7 Å². The van der Waals surface area contributed by atoms with Crippen LogP contribution in [0.25, 0.3) is 16.1 Å². The smallest absolute Gasteiger partial charge is 0.329 e. The Morgan fingerprint density at radius 2 is 1.80 bits per heavy atom. The van der Waals surface area contributed by atoms with E-state index in [2.05, 4.69) is 51.7 Å². The summed E-state index contributed by atoms with van der Waals surface area (Å²) in [4.78, 5) is 26.5. The number of nitriles is 1. The fraction of sp³-hybridized carbons (Fsp3) is 0.344. The third-order valence-electron chi connectivity index (χ3n) is 7.89. The van der Waals surface area contributed by atoms with Crippen molar-refractivity contribution in [1.82, 2.24) is 19.7 Å². The van der Waals surface area contributed by atoms with E-state index in [0.29, 0.717) is 17.1 Å². The summed E-state index contributed by atoms with van der Waals surface area (Å²) in [5.41, 5.74) is 5.53. The van der Waals surface area contributed by atoms with E-state index < -0.39 is 12.6 Å². The normalized spacial score (nSPS) is 16.0. The van der Waals surface area contributed by atoms with Crippen LogP contribution in [0.5, 0.6) is 5.75 Å². The number of fused-ring (bicyclic) bond motifs is 3. The van der Waals surface area contributed by atoms with E-state index >= 15 is 0 Å². The second kappa shape index (κ2) is 13.0. The first-order valence-electron chi connectivity index (χ1n) is 14.0. The Morgan fingerprint density at radius 1 is 1.07 bits per heavy atom. The Morgan fingerprint density at radius 3 is 2.48 bits per heavy atom. The minimum atomic E-state index is -1.05. The van der Waals surface area contributed by atoms with Crippen LogP contribution in [0.1, 0.15) is 57.3 Å². The molecule has 3 heterocycles. The molecule has 1 N–H and O–H groups in total. The van der Waals surface area contributed by atoms with E-state index in [1.165, 1.54) is 17.6 Å². The number of rotatable bonds is 10. The molecule has 0 saturated heterocycles. The molecule has 1 aliphatic rings. The summed E-state index contributed by atoms with van der Waals surface area (Å²) in [5, 5.41) is 28.4. The average molecular weight is 616 g/mol. The quantitative estimate of drug-likeness (QED) is 0.193. The zero-order valence-corrected chi connectivity index (χ0v) is 26.0. The molecule has 44 heavy (non-hydrogen) atoms. The molecule has 0 spiro atoms. The van der Waals surface area contributed by atoms with Gasteiger partial charge in [-0.2, -0.15) is 5.26 Å². The number of hydrogen-bond donors (Lipinski definition) is 1. The van der Waals surface area contributed by atoms with E-state index in [9.17, 15) is 14.9 Å². The van der Waals surface area contributed by atoms with Crippen LogP contribution in [0.3, 0.4) is 0 Å². The van der Waals surface area contributed by atoms with Crippen LogP contribution in [0.2, 0.25) is 0 Å². The minimum Gasteiger partial charge on any atom is -0.490 e. The van der Waals surface area contributed by atoms with Crippen LogP contribution in [-0.2, 0) is 19.1 Å². The molecule has 0 amide bonds. The van der Waals surface area contributed by atoms with Crippen molar-refractivity contribution in [3.05, 3.63) is 81.2 Å². The van der Waals surface area contributed by atoms with Crippen LogP contribution in [0, 0.1) is 32.1 Å². The van der Waals surface area contributed by atoms with Crippen LogP contribution >= 0.6 is 11.3 Å². The summed E-state index contributed by atoms with van der Waals surface area (Å²) in [6, 6.07) is 15.2. The van der Waals surface area contributed by atoms with Crippen molar-refractivity contribution >= 4 is 23.3 Å². The number of aryl methyl sites for hydroxylation is 2. The van der Waals surface area contributed by atoms with Crippen molar-refractivity contribution in [2.45, 2.75) is 39.3 Å². The zero-order chi connectivity index (χ0) is 31.5. The Bertz CT molecular complexity index is 1740. The molecule has 0 bridgehead atoms. The number of aromatic nitrogens is 3. The second-order valence-corrected chi connectivity index (χ2v) is 11.7. The summed E-state index contributed by atoms with van der Waals surface area (Å²) >= 11 is 1.70. The van der Waals surface area contributed by atoms with E-state index in [-0.39, 0.29) is 37.7 Å². The van der Waals surface area contributed by atoms with Crippen LogP contribution in [0.4, 0.5) is 0 Å². The van der Waals surface area contributed by atoms with Gasteiger partial charge in [-0.1, -0.05) is 30.3 Å². The van der Waals surface area contributed by atoms with E-state index in [1.54, 1.807) is 23.5 Å². The Balaban J connectivity index is 1.47. The predicted molar refractivity (Wildman–Crippen MR) is 163 cm³/mol. The van der Waals surface area contributed by atoms with Crippen molar-refractivity contribution in [3.8, 4) is 27.9 Å². The molecule has 228 valence electrons. The Kier molecular flexibility index (Phi) is 9.10. The minimum absolute atomic E-state index is 0.0960. The number of aliphatic carboxylic acids is 1. The first kappa shape index (κ1) is 30.9. The van der Waals surface area contributed by atoms with E-state index in [4.69, 9.17) is 19.3 Å². The average Bonchev–Trinajstić information content (AvgIpc) is 3.50. The fourth-order valence-corrected chi connectivity index (χ4v) is 6.80. The lowest BCUT2D eigenvalue weighted by molar-refractivity contribution is -0.143.